The lowest BCUT2D eigenvalue weighted by Gasteiger charge is -2.30. The Kier molecular flexibility index (Phi) is 6.02. The maximum absolute atomic E-state index is 13.2. The van der Waals surface area contributed by atoms with Gasteiger partial charge in [-0.2, -0.15) is 0 Å². The molecule has 1 N–H and O–H groups in total. The highest BCUT2D eigenvalue weighted by Gasteiger charge is 2.31. The van der Waals surface area contributed by atoms with Gasteiger partial charge in [0.2, 0.25) is 15.9 Å². The number of amides is 1. The van der Waals surface area contributed by atoms with Gasteiger partial charge in [0.25, 0.3) is 0 Å². The van der Waals surface area contributed by atoms with Crippen LogP contribution in [0.4, 0.5) is 15.8 Å². The van der Waals surface area contributed by atoms with Crippen LogP contribution in [0.1, 0.15) is 13.3 Å². The number of anilines is 2. The average molecular weight is 385 g/mol. The van der Waals surface area contributed by atoms with E-state index < -0.39 is 27.8 Å². The molecule has 0 aliphatic rings. The van der Waals surface area contributed by atoms with E-state index in [0.29, 0.717) is 10.7 Å². The van der Waals surface area contributed by atoms with E-state index in [2.05, 4.69) is 5.32 Å². The van der Waals surface area contributed by atoms with Crippen molar-refractivity contribution in [2.75, 3.05) is 15.9 Å². The first-order chi connectivity index (χ1) is 11.7. The lowest BCUT2D eigenvalue weighted by Crippen LogP contribution is -2.47. The van der Waals surface area contributed by atoms with E-state index in [-0.39, 0.29) is 12.1 Å². The van der Waals surface area contributed by atoms with Gasteiger partial charge in [-0.25, -0.2) is 12.8 Å². The monoisotopic (exact) mass is 384 g/mol. The molecule has 25 heavy (non-hydrogen) atoms. The van der Waals surface area contributed by atoms with Gasteiger partial charge in [0.1, 0.15) is 11.9 Å². The van der Waals surface area contributed by atoms with E-state index >= 15 is 0 Å². The Labute approximate surface area is 151 Å². The first kappa shape index (κ1) is 19.2. The summed E-state index contributed by atoms with van der Waals surface area (Å²) in [5.74, 6) is -0.976. The second-order valence-electron chi connectivity index (χ2n) is 5.46. The molecule has 0 fully saturated rings. The fraction of sp³-hybridized carbons (Fsp3) is 0.235. The first-order valence-corrected chi connectivity index (χ1v) is 9.76. The van der Waals surface area contributed by atoms with Crippen molar-refractivity contribution in [3.63, 3.8) is 0 Å². The largest absolute Gasteiger partial charge is 0.324 e. The molecule has 1 amide bonds. The van der Waals surface area contributed by atoms with Crippen LogP contribution >= 0.6 is 11.6 Å². The van der Waals surface area contributed by atoms with Crippen molar-refractivity contribution >= 4 is 38.9 Å². The molecule has 0 saturated heterocycles. The van der Waals surface area contributed by atoms with Crippen molar-refractivity contribution in [3.8, 4) is 0 Å². The lowest BCUT2D eigenvalue weighted by atomic mass is 10.2. The van der Waals surface area contributed by atoms with Crippen LogP contribution in [-0.2, 0) is 14.8 Å². The van der Waals surface area contributed by atoms with Gasteiger partial charge in [-0.1, -0.05) is 18.5 Å². The van der Waals surface area contributed by atoms with Crippen LogP contribution in [0.5, 0.6) is 0 Å². The highest BCUT2D eigenvalue weighted by atomic mass is 35.5. The van der Waals surface area contributed by atoms with Crippen LogP contribution < -0.4 is 9.62 Å². The summed E-state index contributed by atoms with van der Waals surface area (Å²) in [6.45, 7) is 1.70. The Balaban J connectivity index is 2.34. The molecule has 2 aromatic rings. The zero-order valence-corrected chi connectivity index (χ0v) is 15.3. The third kappa shape index (κ3) is 4.93. The molecule has 0 aliphatic heterocycles. The predicted molar refractivity (Wildman–Crippen MR) is 97.9 cm³/mol. The quantitative estimate of drug-likeness (QED) is 0.826. The summed E-state index contributed by atoms with van der Waals surface area (Å²) in [6, 6.07) is 10.5. The van der Waals surface area contributed by atoms with E-state index in [1.807, 2.05) is 0 Å². The summed E-state index contributed by atoms with van der Waals surface area (Å²) in [7, 11) is -3.76. The number of halogens is 2. The molecule has 0 radical (unpaired) electrons. The van der Waals surface area contributed by atoms with Gasteiger partial charge in [0, 0.05) is 10.7 Å². The maximum atomic E-state index is 13.2. The van der Waals surface area contributed by atoms with Crippen LogP contribution in [0, 0.1) is 5.82 Å². The van der Waals surface area contributed by atoms with E-state index in [1.54, 1.807) is 31.2 Å². The van der Waals surface area contributed by atoms with E-state index in [4.69, 9.17) is 11.6 Å². The number of carbonyl (C=O) groups excluding carboxylic acids is 1. The standard InChI is InChI=1S/C17H18ClFN2O3S/c1-3-16(17(22)20-14-8-4-12(18)5-9-14)21(25(2,23)24)15-10-6-13(19)7-11-15/h4-11,16H,3H2,1-2H3,(H,20,22)/t16-/m1/s1. The molecule has 8 heteroatoms. The van der Waals surface area contributed by atoms with Crippen LogP contribution in [0.3, 0.4) is 0 Å². The van der Waals surface area contributed by atoms with Crippen LogP contribution in [0.2, 0.25) is 5.02 Å². The number of benzene rings is 2. The molecule has 1 atom stereocenters. The van der Waals surface area contributed by atoms with Crippen molar-refractivity contribution in [2.45, 2.75) is 19.4 Å². The highest BCUT2D eigenvalue weighted by Crippen LogP contribution is 2.24. The number of hydrogen-bond donors (Lipinski definition) is 1. The molecule has 2 aromatic carbocycles. The first-order valence-electron chi connectivity index (χ1n) is 7.53. The topological polar surface area (TPSA) is 66.5 Å². The molecule has 5 nitrogen and oxygen atoms in total. The van der Waals surface area contributed by atoms with E-state index in [1.165, 1.54) is 12.1 Å². The summed E-state index contributed by atoms with van der Waals surface area (Å²) >= 11 is 5.81. The zero-order valence-electron chi connectivity index (χ0n) is 13.7. The summed E-state index contributed by atoms with van der Waals surface area (Å²) < 4.78 is 38.7. The van der Waals surface area contributed by atoms with Crippen LogP contribution in [0.25, 0.3) is 0 Å². The van der Waals surface area contributed by atoms with Gasteiger partial charge >= 0.3 is 0 Å². The minimum Gasteiger partial charge on any atom is -0.324 e. The van der Waals surface area contributed by atoms with Crippen molar-refractivity contribution in [3.05, 3.63) is 59.4 Å². The molecule has 0 heterocycles. The molecule has 2 rings (SSSR count). The molecule has 0 aliphatic carbocycles. The van der Waals surface area contributed by atoms with Crippen molar-refractivity contribution in [2.24, 2.45) is 0 Å². The fourth-order valence-corrected chi connectivity index (χ4v) is 3.74. The third-order valence-corrected chi connectivity index (χ3v) is 4.95. The molecule has 134 valence electrons. The van der Waals surface area contributed by atoms with Gasteiger partial charge in [-0.15, -0.1) is 0 Å². The van der Waals surface area contributed by atoms with Gasteiger partial charge in [0.15, 0.2) is 0 Å². The molecule has 0 spiro atoms. The van der Waals surface area contributed by atoms with Crippen LogP contribution in [0.15, 0.2) is 48.5 Å². The second kappa shape index (κ2) is 7.84. The molecule has 0 aromatic heterocycles. The Bertz CT molecular complexity index is 839. The minimum atomic E-state index is -3.76. The maximum Gasteiger partial charge on any atom is 0.248 e. The number of hydrogen-bond acceptors (Lipinski definition) is 3. The SMILES string of the molecule is CC[C@H](C(=O)Nc1ccc(Cl)cc1)N(c1ccc(F)cc1)S(C)(=O)=O. The Morgan fingerprint density at radius 2 is 1.72 bits per heavy atom. The minimum absolute atomic E-state index is 0.224. The zero-order chi connectivity index (χ0) is 18.6. The Morgan fingerprint density at radius 1 is 1.16 bits per heavy atom. The second-order valence-corrected chi connectivity index (χ2v) is 7.75. The average Bonchev–Trinajstić information content (AvgIpc) is 2.54. The number of nitrogens with zero attached hydrogens (tertiary/aromatic N) is 1. The van der Waals surface area contributed by atoms with Gasteiger partial charge in [-0.05, 0) is 55.0 Å². The molecular formula is C17H18ClFN2O3S. The van der Waals surface area contributed by atoms with Crippen molar-refractivity contribution in [1.29, 1.82) is 0 Å². The molecule has 0 bridgehead atoms. The summed E-state index contributed by atoms with van der Waals surface area (Å²) in [5.41, 5.74) is 0.724. The van der Waals surface area contributed by atoms with Gasteiger partial charge in [-0.3, -0.25) is 9.10 Å². The van der Waals surface area contributed by atoms with E-state index in [9.17, 15) is 17.6 Å². The highest BCUT2D eigenvalue weighted by molar-refractivity contribution is 7.92. The number of rotatable bonds is 6. The molecular weight excluding hydrogens is 367 g/mol. The van der Waals surface area contributed by atoms with E-state index in [0.717, 1.165) is 22.7 Å². The smallest absolute Gasteiger partial charge is 0.248 e. The molecule has 0 saturated carbocycles. The summed E-state index contributed by atoms with van der Waals surface area (Å²) in [6.07, 6.45) is 1.25. The Morgan fingerprint density at radius 3 is 2.20 bits per heavy atom. The summed E-state index contributed by atoms with van der Waals surface area (Å²) in [5, 5.41) is 3.20. The molecule has 0 unspecified atom stereocenters. The summed E-state index contributed by atoms with van der Waals surface area (Å²) in [4.78, 5) is 12.6. The number of nitrogens with one attached hydrogen (secondary N) is 1. The lowest BCUT2D eigenvalue weighted by molar-refractivity contribution is -0.117. The van der Waals surface area contributed by atoms with Crippen LogP contribution in [-0.4, -0.2) is 26.6 Å². The van der Waals surface area contributed by atoms with Gasteiger partial charge in [0.05, 0.1) is 11.9 Å². The number of sulfonamides is 1. The normalized spacial score (nSPS) is 12.5. The van der Waals surface area contributed by atoms with Crippen molar-refractivity contribution in [1.82, 2.24) is 0 Å². The third-order valence-electron chi connectivity index (χ3n) is 3.52. The Hall–Kier alpha value is -2.12. The van der Waals surface area contributed by atoms with Crippen molar-refractivity contribution < 1.29 is 17.6 Å². The number of carbonyl (C=O) groups is 1. The predicted octanol–water partition coefficient (Wildman–Crippen LogP) is 3.66. The van der Waals surface area contributed by atoms with Gasteiger partial charge < -0.3 is 5.32 Å². The fourth-order valence-electron chi connectivity index (χ4n) is 2.41.